The molecule has 3 aliphatic heterocycles. The highest BCUT2D eigenvalue weighted by Crippen LogP contribution is 2.44. The van der Waals surface area contributed by atoms with E-state index in [1.807, 2.05) is 6.07 Å². The summed E-state index contributed by atoms with van der Waals surface area (Å²) in [7, 11) is -0.993. The number of rotatable bonds is 10. The van der Waals surface area contributed by atoms with Gasteiger partial charge < -0.3 is 9.47 Å². The van der Waals surface area contributed by atoms with Crippen molar-refractivity contribution in [2.75, 3.05) is 49.5 Å². The second-order valence-electron chi connectivity index (χ2n) is 17.2. The number of halogens is 3. The Morgan fingerprint density at radius 1 is 1.06 bits per heavy atom. The summed E-state index contributed by atoms with van der Waals surface area (Å²) in [4.78, 5) is 46.2. The van der Waals surface area contributed by atoms with Gasteiger partial charge in [-0.3, -0.25) is 38.7 Å². The number of imide groups is 1. The minimum atomic E-state index is -4.04. The number of fused-ring (bicyclic) bond motifs is 2. The van der Waals surface area contributed by atoms with Gasteiger partial charge in [0, 0.05) is 58.1 Å². The van der Waals surface area contributed by atoms with E-state index in [9.17, 15) is 28.1 Å². The van der Waals surface area contributed by atoms with Crippen molar-refractivity contribution in [3.8, 4) is 17.6 Å². The lowest BCUT2D eigenvalue weighted by molar-refractivity contribution is -0.120. The van der Waals surface area contributed by atoms with Gasteiger partial charge >= 0.3 is 16.2 Å². The van der Waals surface area contributed by atoms with E-state index in [-0.39, 0.29) is 90.2 Å². The smallest absolute Gasteiger partial charge is 0.329 e. The molecule has 9 rings (SSSR count). The number of piperidine rings is 1. The Morgan fingerprint density at radius 2 is 1.85 bits per heavy atom. The number of aromatic nitrogens is 4. The first-order valence-electron chi connectivity index (χ1n) is 21.5. The van der Waals surface area contributed by atoms with E-state index >= 15 is 13.2 Å². The molecule has 3 aromatic carbocycles. The van der Waals surface area contributed by atoms with Crippen molar-refractivity contribution >= 4 is 55.5 Å². The Bertz CT molecular complexity index is 2950. The van der Waals surface area contributed by atoms with E-state index in [4.69, 9.17) is 9.47 Å². The van der Waals surface area contributed by atoms with E-state index in [2.05, 4.69) is 25.0 Å². The molecule has 2 aromatic heterocycles. The number of hydrogen-bond donors (Lipinski definition) is 2. The van der Waals surface area contributed by atoms with Crippen LogP contribution in [0.4, 0.5) is 29.5 Å². The molecule has 1 spiro atoms. The minimum absolute atomic E-state index is 0.0283. The van der Waals surface area contributed by atoms with E-state index in [1.165, 1.54) is 47.1 Å². The third-order valence-corrected chi connectivity index (χ3v) is 15.0. The molecule has 3 saturated heterocycles. The number of ether oxygens (including phenoxy) is 2. The molecule has 0 bridgehead atoms. The topological polar surface area (TPSA) is 197 Å². The molecule has 2 N–H and O–H groups in total. The highest BCUT2D eigenvalue weighted by Gasteiger charge is 2.46. The van der Waals surface area contributed by atoms with Crippen molar-refractivity contribution in [3.63, 3.8) is 0 Å². The van der Waals surface area contributed by atoms with Gasteiger partial charge in [-0.2, -0.15) is 23.1 Å². The summed E-state index contributed by atoms with van der Waals surface area (Å²) in [5.41, 5.74) is -0.0941. The highest BCUT2D eigenvalue weighted by atomic mass is 32.2. The lowest BCUT2D eigenvalue weighted by Crippen LogP contribution is -2.52. The number of nitrogens with zero attached hydrogens (tertiary/aromatic N) is 8. The van der Waals surface area contributed by atoms with Gasteiger partial charge in [0.1, 0.15) is 29.4 Å². The maximum absolute atomic E-state index is 16.2. The van der Waals surface area contributed by atoms with Crippen molar-refractivity contribution in [1.82, 2.24) is 33.9 Å². The normalized spacial score (nSPS) is 22.8. The standard InChI is InChI=1S/C44H47F3N10O7S/c1-4-53(2)65(61,62)52-36-9-7-32(45)40(31(36)22-48)64-27-6-8-35-29(18-27)42(59)57(24-49-35)26-21-44(63-23-26)12-15-55(16-13-44)37-10-5-25(17-34(37)47)28-20-38-30(19-33(28)46)41(51-54(38)3)56-14-11-39(58)50-43(56)60/h6-9,18-20,24-26,34,37,52H,4-5,10-17,21,23H2,1-3H3,(H,50,58,60)/t25-,26?,34?,37-/m0/s1. The number of likely N-dealkylation sites (tertiary alicyclic amines) is 1. The molecule has 17 nitrogen and oxygen atoms in total. The van der Waals surface area contributed by atoms with Crippen LogP contribution in [0.5, 0.6) is 11.5 Å². The molecule has 1 aliphatic carbocycles. The van der Waals surface area contributed by atoms with Crippen LogP contribution in [-0.4, -0.2) is 107 Å². The van der Waals surface area contributed by atoms with E-state index < -0.39 is 45.4 Å². The predicted molar refractivity (Wildman–Crippen MR) is 233 cm³/mol. The predicted octanol–water partition coefficient (Wildman–Crippen LogP) is 5.75. The Balaban J connectivity index is 0.846. The van der Waals surface area contributed by atoms with Crippen LogP contribution in [0.1, 0.15) is 75.0 Å². The summed E-state index contributed by atoms with van der Waals surface area (Å²) in [6.45, 7) is 3.34. The SMILES string of the molecule is CCN(C)S(=O)(=O)Nc1ccc(F)c(Oc2ccc3ncn(C4COC5(CCN([C@H]6CC[C@H](c7cc8c(cc7F)c(N7CCC(=O)NC7=O)nn8C)CC6F)CC5)C4)c(=O)c3c2)c1C#N. The first-order chi connectivity index (χ1) is 31.1. The fraction of sp³-hybridized carbons (Fsp3) is 0.455. The molecule has 4 fully saturated rings. The highest BCUT2D eigenvalue weighted by molar-refractivity contribution is 7.90. The van der Waals surface area contributed by atoms with Gasteiger partial charge in [-0.15, -0.1) is 0 Å². The third-order valence-electron chi connectivity index (χ3n) is 13.5. The third kappa shape index (κ3) is 8.17. The van der Waals surface area contributed by atoms with Gasteiger partial charge in [0.2, 0.25) is 5.91 Å². The number of aryl methyl sites for hydroxylation is 1. The number of hydrogen-bond acceptors (Lipinski definition) is 11. The molecule has 65 heavy (non-hydrogen) atoms. The van der Waals surface area contributed by atoms with Crippen LogP contribution >= 0.6 is 0 Å². The summed E-state index contributed by atoms with van der Waals surface area (Å²) in [6.07, 6.45) is 3.42. The number of anilines is 2. The van der Waals surface area contributed by atoms with Gasteiger partial charge in [-0.1, -0.05) is 6.92 Å². The van der Waals surface area contributed by atoms with Gasteiger partial charge in [-0.05, 0) is 92.5 Å². The van der Waals surface area contributed by atoms with Crippen LogP contribution in [0.2, 0.25) is 0 Å². The minimum Gasteiger partial charge on any atom is -0.453 e. The van der Waals surface area contributed by atoms with Crippen LogP contribution in [0.25, 0.3) is 21.8 Å². The fourth-order valence-corrected chi connectivity index (χ4v) is 10.7. The number of urea groups is 1. The molecule has 1 saturated carbocycles. The summed E-state index contributed by atoms with van der Waals surface area (Å²) >= 11 is 0. The molecule has 5 heterocycles. The average molecular weight is 917 g/mol. The summed E-state index contributed by atoms with van der Waals surface area (Å²) in [5.74, 6) is -2.37. The van der Waals surface area contributed by atoms with Gasteiger partial charge in [0.05, 0.1) is 46.7 Å². The Morgan fingerprint density at radius 3 is 2.57 bits per heavy atom. The van der Waals surface area contributed by atoms with E-state index in [0.29, 0.717) is 67.2 Å². The van der Waals surface area contributed by atoms with Gasteiger partial charge in [0.25, 0.3) is 5.56 Å². The molecule has 4 atom stereocenters. The first-order valence-corrected chi connectivity index (χ1v) is 23.0. The number of nitriles is 1. The zero-order valence-corrected chi connectivity index (χ0v) is 36.7. The van der Waals surface area contributed by atoms with Crippen LogP contribution in [0.15, 0.2) is 53.6 Å². The molecule has 0 radical (unpaired) electrons. The zero-order valence-electron chi connectivity index (χ0n) is 35.9. The molecule has 342 valence electrons. The van der Waals surface area contributed by atoms with E-state index in [1.54, 1.807) is 24.7 Å². The quantitative estimate of drug-likeness (QED) is 0.173. The molecule has 2 unspecified atom stereocenters. The summed E-state index contributed by atoms with van der Waals surface area (Å²) in [5, 5.41) is 17.3. The second kappa shape index (κ2) is 17.0. The first kappa shape index (κ1) is 44.1. The lowest BCUT2D eigenvalue weighted by Gasteiger charge is -2.45. The number of carbonyl (C=O) groups excluding carboxylic acids is 2. The van der Waals surface area contributed by atoms with Crippen LogP contribution in [0, 0.1) is 23.0 Å². The summed E-state index contributed by atoms with van der Waals surface area (Å²) < 4.78 is 91.1. The summed E-state index contributed by atoms with van der Waals surface area (Å²) in [6, 6.07) is 10.1. The van der Waals surface area contributed by atoms with Crippen LogP contribution in [0.3, 0.4) is 0 Å². The number of alkyl halides is 1. The van der Waals surface area contributed by atoms with Crippen LogP contribution in [-0.2, 0) is 26.8 Å². The second-order valence-corrected chi connectivity index (χ2v) is 19.0. The molecule has 3 amide bonds. The molecular weight excluding hydrogens is 870 g/mol. The van der Waals surface area contributed by atoms with Gasteiger partial charge in [0.15, 0.2) is 17.4 Å². The van der Waals surface area contributed by atoms with Crippen LogP contribution < -0.4 is 25.2 Å². The van der Waals surface area contributed by atoms with Crippen molar-refractivity contribution in [1.29, 1.82) is 5.26 Å². The number of benzene rings is 3. The Kier molecular flexibility index (Phi) is 11.6. The number of carbonyl (C=O) groups is 2. The van der Waals surface area contributed by atoms with Crippen molar-refractivity contribution in [2.45, 2.75) is 81.6 Å². The fourth-order valence-electron chi connectivity index (χ4n) is 9.75. The number of nitrogens with one attached hydrogen (secondary N) is 2. The molecule has 4 aliphatic rings. The maximum Gasteiger partial charge on any atom is 0.329 e. The lowest BCUT2D eigenvalue weighted by atomic mass is 9.78. The average Bonchev–Trinajstić information content (AvgIpc) is 3.84. The molecular formula is C44H47F3N10O7S. The van der Waals surface area contributed by atoms with Crippen molar-refractivity contribution in [2.24, 2.45) is 7.05 Å². The molecule has 5 aromatic rings. The Labute approximate surface area is 371 Å². The van der Waals surface area contributed by atoms with E-state index in [0.717, 1.165) is 16.4 Å². The monoisotopic (exact) mass is 916 g/mol. The largest absolute Gasteiger partial charge is 0.453 e. The van der Waals surface area contributed by atoms with Crippen molar-refractivity contribution in [3.05, 3.63) is 81.9 Å². The van der Waals surface area contributed by atoms with Gasteiger partial charge in [-0.25, -0.2) is 22.9 Å². The zero-order chi connectivity index (χ0) is 45.9. The number of amides is 3. The maximum atomic E-state index is 16.2. The van der Waals surface area contributed by atoms with Crippen molar-refractivity contribution < 1.29 is 40.7 Å². The molecule has 21 heteroatoms. The Hall–Kier alpha value is -6.08.